The van der Waals surface area contributed by atoms with Gasteiger partial charge < -0.3 is 15.1 Å². The van der Waals surface area contributed by atoms with Crippen LogP contribution >= 0.6 is 0 Å². The molecule has 0 aromatic rings. The van der Waals surface area contributed by atoms with Gasteiger partial charge in [-0.15, -0.1) is 0 Å². The third kappa shape index (κ3) is 4.10. The van der Waals surface area contributed by atoms with Crippen LogP contribution in [0.25, 0.3) is 0 Å². The summed E-state index contributed by atoms with van der Waals surface area (Å²) in [5.74, 6) is 0.164. The molecule has 1 heterocycles. The Labute approximate surface area is 99.0 Å². The molecule has 94 valence electrons. The lowest BCUT2D eigenvalue weighted by atomic mass is 10.1. The number of likely N-dealkylation sites (N-methyl/N-ethyl adjacent to an activating group) is 1. The number of nitrogens with zero attached hydrogens (tertiary/aromatic N) is 2. The van der Waals surface area contributed by atoms with Gasteiger partial charge in [-0.05, 0) is 46.3 Å². The summed E-state index contributed by atoms with van der Waals surface area (Å²) in [6, 6.07) is 0.423. The molecule has 1 saturated heterocycles. The number of carbonyl (C=O) groups is 1. The summed E-state index contributed by atoms with van der Waals surface area (Å²) in [7, 11) is 5.78. The van der Waals surface area contributed by atoms with E-state index >= 15 is 0 Å². The van der Waals surface area contributed by atoms with Gasteiger partial charge in [-0.25, -0.2) is 0 Å². The second kappa shape index (κ2) is 6.21. The monoisotopic (exact) mass is 227 g/mol. The highest BCUT2D eigenvalue weighted by molar-refractivity contribution is 5.80. The third-order valence-electron chi connectivity index (χ3n) is 3.25. The fourth-order valence-corrected chi connectivity index (χ4v) is 2.22. The molecular formula is C12H25N3O. The van der Waals surface area contributed by atoms with Gasteiger partial charge in [0.25, 0.3) is 0 Å². The summed E-state index contributed by atoms with van der Waals surface area (Å²) in [5, 5.41) is 3.44. The van der Waals surface area contributed by atoms with Crippen LogP contribution in [0.3, 0.4) is 0 Å². The quantitative estimate of drug-likeness (QED) is 0.764. The Morgan fingerprint density at radius 3 is 2.69 bits per heavy atom. The predicted octanol–water partition coefficient (Wildman–Crippen LogP) is 0.537. The van der Waals surface area contributed by atoms with E-state index in [-0.39, 0.29) is 11.9 Å². The first-order valence-corrected chi connectivity index (χ1v) is 6.16. The zero-order valence-corrected chi connectivity index (χ0v) is 11.0. The molecule has 1 aliphatic rings. The molecule has 2 unspecified atom stereocenters. The molecule has 0 aromatic carbocycles. The highest BCUT2D eigenvalue weighted by Gasteiger charge is 2.20. The number of carbonyl (C=O) groups excluding carboxylic acids is 1. The Morgan fingerprint density at radius 1 is 1.38 bits per heavy atom. The molecule has 4 heteroatoms. The number of hydrogen-bond acceptors (Lipinski definition) is 3. The fraction of sp³-hybridized carbons (Fsp3) is 0.917. The van der Waals surface area contributed by atoms with Crippen molar-refractivity contribution in [2.75, 3.05) is 34.2 Å². The van der Waals surface area contributed by atoms with E-state index in [1.807, 2.05) is 6.92 Å². The fourth-order valence-electron chi connectivity index (χ4n) is 2.22. The van der Waals surface area contributed by atoms with Crippen LogP contribution in [0.15, 0.2) is 0 Å². The maximum absolute atomic E-state index is 11.7. The lowest BCUT2D eigenvalue weighted by Gasteiger charge is -2.23. The molecule has 1 N–H and O–H groups in total. The van der Waals surface area contributed by atoms with Crippen LogP contribution in [0.5, 0.6) is 0 Å². The van der Waals surface area contributed by atoms with E-state index < -0.39 is 0 Å². The number of amides is 1. The van der Waals surface area contributed by atoms with Crippen molar-refractivity contribution in [3.05, 3.63) is 0 Å². The van der Waals surface area contributed by atoms with Gasteiger partial charge >= 0.3 is 0 Å². The molecule has 2 atom stereocenters. The molecule has 0 spiro atoms. The summed E-state index contributed by atoms with van der Waals surface area (Å²) < 4.78 is 0. The molecule has 1 fully saturated rings. The van der Waals surface area contributed by atoms with Crippen molar-refractivity contribution in [2.24, 2.45) is 0 Å². The minimum Gasteiger partial charge on any atom is -0.347 e. The largest absolute Gasteiger partial charge is 0.347 e. The molecule has 16 heavy (non-hydrogen) atoms. The summed E-state index contributed by atoms with van der Waals surface area (Å²) in [6.45, 7) is 4.26. The first kappa shape index (κ1) is 13.5. The van der Waals surface area contributed by atoms with E-state index in [9.17, 15) is 4.79 Å². The van der Waals surface area contributed by atoms with Crippen LogP contribution in [0, 0.1) is 0 Å². The second-order valence-corrected chi connectivity index (χ2v) is 5.05. The molecular weight excluding hydrogens is 202 g/mol. The van der Waals surface area contributed by atoms with Crippen LogP contribution < -0.4 is 5.32 Å². The van der Waals surface area contributed by atoms with Crippen molar-refractivity contribution in [3.8, 4) is 0 Å². The van der Waals surface area contributed by atoms with E-state index in [1.165, 1.54) is 19.4 Å². The number of nitrogens with one attached hydrogen (secondary N) is 1. The summed E-state index contributed by atoms with van der Waals surface area (Å²) in [6.07, 6.45) is 3.54. The van der Waals surface area contributed by atoms with E-state index in [1.54, 1.807) is 19.0 Å². The van der Waals surface area contributed by atoms with Gasteiger partial charge in [0.1, 0.15) is 0 Å². The molecule has 0 saturated carbocycles. The molecule has 1 amide bonds. The number of hydrogen-bond donors (Lipinski definition) is 1. The average molecular weight is 227 g/mol. The van der Waals surface area contributed by atoms with E-state index in [4.69, 9.17) is 0 Å². The zero-order valence-electron chi connectivity index (χ0n) is 11.0. The summed E-state index contributed by atoms with van der Waals surface area (Å²) in [4.78, 5) is 15.7. The van der Waals surface area contributed by atoms with Crippen LogP contribution in [0.1, 0.15) is 26.2 Å². The lowest BCUT2D eigenvalue weighted by Crippen LogP contribution is -2.46. The summed E-state index contributed by atoms with van der Waals surface area (Å²) in [5.41, 5.74) is 0. The maximum atomic E-state index is 11.7. The van der Waals surface area contributed by atoms with E-state index in [0.29, 0.717) is 6.04 Å². The van der Waals surface area contributed by atoms with Crippen molar-refractivity contribution in [2.45, 2.75) is 38.3 Å². The maximum Gasteiger partial charge on any atom is 0.238 e. The third-order valence-corrected chi connectivity index (χ3v) is 3.25. The Bertz CT molecular complexity index is 230. The Hall–Kier alpha value is -0.610. The second-order valence-electron chi connectivity index (χ2n) is 5.05. The zero-order chi connectivity index (χ0) is 12.1. The van der Waals surface area contributed by atoms with Crippen molar-refractivity contribution in [1.29, 1.82) is 0 Å². The van der Waals surface area contributed by atoms with Crippen molar-refractivity contribution in [1.82, 2.24) is 15.1 Å². The molecule has 4 nitrogen and oxygen atoms in total. The van der Waals surface area contributed by atoms with E-state index in [0.717, 1.165) is 13.0 Å². The SMILES string of the molecule is CC(NC1CCCN(C)CC1)C(=O)N(C)C. The van der Waals surface area contributed by atoms with Crippen LogP contribution in [0.4, 0.5) is 0 Å². The van der Waals surface area contributed by atoms with Crippen molar-refractivity contribution >= 4 is 5.91 Å². The molecule has 0 bridgehead atoms. The number of likely N-dealkylation sites (tertiary alicyclic amines) is 1. The van der Waals surface area contributed by atoms with Gasteiger partial charge in [-0.1, -0.05) is 0 Å². The Kier molecular flexibility index (Phi) is 5.22. The average Bonchev–Trinajstić information content (AvgIpc) is 2.42. The van der Waals surface area contributed by atoms with Gasteiger partial charge in [-0.3, -0.25) is 4.79 Å². The first-order chi connectivity index (χ1) is 7.50. The Balaban J connectivity index is 2.38. The van der Waals surface area contributed by atoms with Gasteiger partial charge in [0.2, 0.25) is 5.91 Å². The standard InChI is InChI=1S/C12H25N3O/c1-10(12(16)14(2)3)13-11-6-5-8-15(4)9-7-11/h10-11,13H,5-9H2,1-4H3. The summed E-state index contributed by atoms with van der Waals surface area (Å²) >= 11 is 0. The highest BCUT2D eigenvalue weighted by atomic mass is 16.2. The highest BCUT2D eigenvalue weighted by Crippen LogP contribution is 2.10. The van der Waals surface area contributed by atoms with Crippen LogP contribution in [-0.4, -0.2) is 62.0 Å². The minimum atomic E-state index is -0.0663. The van der Waals surface area contributed by atoms with Crippen molar-refractivity contribution < 1.29 is 4.79 Å². The van der Waals surface area contributed by atoms with Crippen LogP contribution in [-0.2, 0) is 4.79 Å². The number of rotatable bonds is 3. The molecule has 0 aliphatic carbocycles. The topological polar surface area (TPSA) is 35.6 Å². The van der Waals surface area contributed by atoms with Gasteiger partial charge in [0.15, 0.2) is 0 Å². The van der Waals surface area contributed by atoms with Crippen LogP contribution in [0.2, 0.25) is 0 Å². The molecule has 0 aromatic heterocycles. The van der Waals surface area contributed by atoms with Gasteiger partial charge in [-0.2, -0.15) is 0 Å². The lowest BCUT2D eigenvalue weighted by molar-refractivity contribution is -0.130. The first-order valence-electron chi connectivity index (χ1n) is 6.16. The smallest absolute Gasteiger partial charge is 0.238 e. The molecule has 1 aliphatic heterocycles. The Morgan fingerprint density at radius 2 is 2.06 bits per heavy atom. The minimum absolute atomic E-state index is 0.0663. The van der Waals surface area contributed by atoms with Crippen molar-refractivity contribution in [3.63, 3.8) is 0 Å². The normalized spacial score (nSPS) is 24.9. The van der Waals surface area contributed by atoms with Gasteiger partial charge in [0, 0.05) is 20.1 Å². The predicted molar refractivity (Wildman–Crippen MR) is 66.4 cm³/mol. The molecule has 1 rings (SSSR count). The van der Waals surface area contributed by atoms with Gasteiger partial charge in [0.05, 0.1) is 6.04 Å². The van der Waals surface area contributed by atoms with E-state index in [2.05, 4.69) is 17.3 Å². The molecule has 0 radical (unpaired) electrons.